The molecule has 0 aliphatic rings. The summed E-state index contributed by atoms with van der Waals surface area (Å²) in [6.45, 7) is 6.27. The van der Waals surface area contributed by atoms with Gasteiger partial charge in [-0.3, -0.25) is 9.78 Å². The van der Waals surface area contributed by atoms with Gasteiger partial charge in [0, 0.05) is 18.1 Å². The van der Waals surface area contributed by atoms with Crippen molar-refractivity contribution in [1.29, 1.82) is 0 Å². The Hall–Kier alpha value is -2.62. The van der Waals surface area contributed by atoms with Gasteiger partial charge in [-0.2, -0.15) is 0 Å². The smallest absolute Gasteiger partial charge is 0.254 e. The molecule has 2 heterocycles. The van der Waals surface area contributed by atoms with Crippen LogP contribution in [-0.4, -0.2) is 22.8 Å². The Balaban J connectivity index is 1.98. The lowest BCUT2D eigenvalue weighted by molar-refractivity contribution is 0.0777. The van der Waals surface area contributed by atoms with Crippen molar-refractivity contribution in [1.82, 2.24) is 9.88 Å². The van der Waals surface area contributed by atoms with Crippen LogP contribution in [0, 0.1) is 20.8 Å². The molecular weight excluding hydrogens is 288 g/mol. The first-order valence-corrected chi connectivity index (χ1v) is 7.63. The van der Waals surface area contributed by atoms with Crippen LogP contribution in [0.5, 0.6) is 0 Å². The lowest BCUT2D eigenvalue weighted by atomic mass is 10.0. The van der Waals surface area contributed by atoms with Gasteiger partial charge in [0.15, 0.2) is 0 Å². The second kappa shape index (κ2) is 5.88. The Bertz CT molecular complexity index is 880. The first-order chi connectivity index (χ1) is 10.9. The molecule has 4 nitrogen and oxygen atoms in total. The molecule has 118 valence electrons. The molecule has 0 aliphatic carbocycles. The third kappa shape index (κ3) is 3.11. The molecular formula is C19H20N2O2. The van der Waals surface area contributed by atoms with Gasteiger partial charge in [-0.1, -0.05) is 11.6 Å². The van der Waals surface area contributed by atoms with Gasteiger partial charge in [0.05, 0.1) is 17.6 Å². The van der Waals surface area contributed by atoms with Crippen LogP contribution in [0.1, 0.15) is 33.1 Å². The van der Waals surface area contributed by atoms with Crippen LogP contribution >= 0.6 is 0 Å². The topological polar surface area (TPSA) is 46.3 Å². The number of fused-ring (bicyclic) bond motifs is 1. The lowest BCUT2D eigenvalue weighted by Crippen LogP contribution is -2.26. The average Bonchev–Trinajstić information content (AvgIpc) is 2.91. The van der Waals surface area contributed by atoms with Crippen molar-refractivity contribution in [3.8, 4) is 0 Å². The number of rotatable bonds is 3. The number of nitrogens with zero attached hydrogens (tertiary/aromatic N) is 2. The molecule has 23 heavy (non-hydrogen) atoms. The number of carbonyl (C=O) groups excluding carboxylic acids is 1. The number of hydrogen-bond donors (Lipinski definition) is 0. The van der Waals surface area contributed by atoms with E-state index in [2.05, 4.69) is 4.98 Å². The summed E-state index contributed by atoms with van der Waals surface area (Å²) in [6, 6.07) is 11.7. The van der Waals surface area contributed by atoms with Gasteiger partial charge in [-0.05, 0) is 51.1 Å². The number of aryl methyl sites for hydroxylation is 3. The molecule has 0 bridgehead atoms. The van der Waals surface area contributed by atoms with Gasteiger partial charge in [-0.25, -0.2) is 0 Å². The van der Waals surface area contributed by atoms with E-state index in [1.165, 1.54) is 0 Å². The van der Waals surface area contributed by atoms with Crippen LogP contribution in [0.15, 0.2) is 40.8 Å². The summed E-state index contributed by atoms with van der Waals surface area (Å²) >= 11 is 0. The predicted molar refractivity (Wildman–Crippen MR) is 90.5 cm³/mol. The summed E-state index contributed by atoms with van der Waals surface area (Å²) in [4.78, 5) is 19.1. The highest BCUT2D eigenvalue weighted by Gasteiger charge is 2.17. The molecule has 0 saturated carbocycles. The molecule has 0 radical (unpaired) electrons. The van der Waals surface area contributed by atoms with E-state index in [-0.39, 0.29) is 5.91 Å². The van der Waals surface area contributed by atoms with E-state index in [1.54, 1.807) is 11.9 Å². The van der Waals surface area contributed by atoms with Crippen molar-refractivity contribution in [2.75, 3.05) is 7.05 Å². The van der Waals surface area contributed by atoms with Crippen molar-refractivity contribution in [2.24, 2.45) is 0 Å². The fourth-order valence-corrected chi connectivity index (χ4v) is 2.73. The molecule has 1 amide bonds. The molecule has 0 spiro atoms. The Morgan fingerprint density at radius 2 is 1.91 bits per heavy atom. The molecule has 4 heteroatoms. The monoisotopic (exact) mass is 308 g/mol. The van der Waals surface area contributed by atoms with Crippen LogP contribution in [-0.2, 0) is 6.54 Å². The number of furan rings is 1. The van der Waals surface area contributed by atoms with Crippen molar-refractivity contribution in [3.05, 3.63) is 64.7 Å². The van der Waals surface area contributed by atoms with E-state index in [0.29, 0.717) is 12.1 Å². The maximum absolute atomic E-state index is 12.9. The van der Waals surface area contributed by atoms with Crippen LogP contribution in [0.4, 0.5) is 0 Å². The fourth-order valence-electron chi connectivity index (χ4n) is 2.73. The zero-order chi connectivity index (χ0) is 16.6. The summed E-state index contributed by atoms with van der Waals surface area (Å²) in [5.41, 5.74) is 3.48. The van der Waals surface area contributed by atoms with Crippen molar-refractivity contribution in [3.63, 3.8) is 0 Å². The quantitative estimate of drug-likeness (QED) is 0.734. The summed E-state index contributed by atoms with van der Waals surface area (Å²) in [7, 11) is 1.79. The SMILES string of the molecule is Cc1ccc2nc(C)cc(C(=O)N(C)Cc3ccc(C)o3)c2c1. The van der Waals surface area contributed by atoms with Gasteiger partial charge in [0.25, 0.3) is 5.91 Å². The van der Waals surface area contributed by atoms with E-state index in [9.17, 15) is 4.79 Å². The Kier molecular flexibility index (Phi) is 3.90. The van der Waals surface area contributed by atoms with Crippen LogP contribution in [0.2, 0.25) is 0 Å². The molecule has 0 unspecified atom stereocenters. The maximum Gasteiger partial charge on any atom is 0.254 e. The Morgan fingerprint density at radius 3 is 2.61 bits per heavy atom. The first kappa shape index (κ1) is 15.3. The number of hydrogen-bond acceptors (Lipinski definition) is 3. The zero-order valence-corrected chi connectivity index (χ0v) is 13.9. The second-order valence-corrected chi connectivity index (χ2v) is 6.01. The number of aromatic nitrogens is 1. The van der Waals surface area contributed by atoms with E-state index in [1.807, 2.05) is 57.2 Å². The van der Waals surface area contributed by atoms with E-state index in [4.69, 9.17) is 4.42 Å². The number of carbonyl (C=O) groups is 1. The van der Waals surface area contributed by atoms with Crippen molar-refractivity contribution in [2.45, 2.75) is 27.3 Å². The highest BCUT2D eigenvalue weighted by Crippen LogP contribution is 2.22. The molecule has 1 aromatic carbocycles. The lowest BCUT2D eigenvalue weighted by Gasteiger charge is -2.17. The van der Waals surface area contributed by atoms with Crippen molar-refractivity contribution >= 4 is 16.8 Å². The van der Waals surface area contributed by atoms with E-state index < -0.39 is 0 Å². The molecule has 2 aromatic heterocycles. The number of pyridine rings is 1. The second-order valence-electron chi connectivity index (χ2n) is 6.01. The molecule has 3 aromatic rings. The minimum Gasteiger partial charge on any atom is -0.464 e. The Morgan fingerprint density at radius 1 is 1.13 bits per heavy atom. The van der Waals surface area contributed by atoms with Gasteiger partial charge >= 0.3 is 0 Å². The third-order valence-corrected chi connectivity index (χ3v) is 3.86. The number of amides is 1. The van der Waals surface area contributed by atoms with Crippen molar-refractivity contribution < 1.29 is 9.21 Å². The zero-order valence-electron chi connectivity index (χ0n) is 13.9. The first-order valence-electron chi connectivity index (χ1n) is 7.63. The Labute approximate surface area is 135 Å². The normalized spacial score (nSPS) is 11.0. The summed E-state index contributed by atoms with van der Waals surface area (Å²) in [5.74, 6) is 1.60. The minimum atomic E-state index is -0.0276. The average molecular weight is 308 g/mol. The highest BCUT2D eigenvalue weighted by atomic mass is 16.3. The summed E-state index contributed by atoms with van der Waals surface area (Å²) < 4.78 is 5.56. The predicted octanol–water partition coefficient (Wildman–Crippen LogP) is 4.03. The van der Waals surface area contributed by atoms with Gasteiger partial charge in [0.1, 0.15) is 11.5 Å². The van der Waals surface area contributed by atoms with Gasteiger partial charge < -0.3 is 9.32 Å². The highest BCUT2D eigenvalue weighted by molar-refractivity contribution is 6.06. The third-order valence-electron chi connectivity index (χ3n) is 3.86. The maximum atomic E-state index is 12.9. The summed E-state index contributed by atoms with van der Waals surface area (Å²) in [6.07, 6.45) is 0. The molecule has 0 aliphatic heterocycles. The molecule has 0 N–H and O–H groups in total. The molecule has 0 fully saturated rings. The molecule has 0 saturated heterocycles. The number of benzene rings is 1. The fraction of sp³-hybridized carbons (Fsp3) is 0.263. The van der Waals surface area contributed by atoms with Gasteiger partial charge in [0.2, 0.25) is 0 Å². The van der Waals surface area contributed by atoms with Gasteiger partial charge in [-0.15, -0.1) is 0 Å². The molecule has 0 atom stereocenters. The van der Waals surface area contributed by atoms with E-state index in [0.717, 1.165) is 33.7 Å². The summed E-state index contributed by atoms with van der Waals surface area (Å²) in [5, 5.41) is 0.892. The van der Waals surface area contributed by atoms with Crippen LogP contribution < -0.4 is 0 Å². The molecule has 3 rings (SSSR count). The van der Waals surface area contributed by atoms with Crippen LogP contribution in [0.3, 0.4) is 0 Å². The van der Waals surface area contributed by atoms with E-state index >= 15 is 0 Å². The minimum absolute atomic E-state index is 0.0276. The largest absolute Gasteiger partial charge is 0.464 e. The standard InChI is InChI=1S/C19H20N2O2/c1-12-5-8-18-16(9-12)17(10-13(2)20-18)19(22)21(4)11-15-7-6-14(3)23-15/h5-10H,11H2,1-4H3. The van der Waals surface area contributed by atoms with Crippen LogP contribution in [0.25, 0.3) is 10.9 Å².